The molecular weight excluding hydrogens is 240 g/mol. The lowest BCUT2D eigenvalue weighted by molar-refractivity contribution is 0.162. The van der Waals surface area contributed by atoms with Crippen molar-refractivity contribution in [3.8, 4) is 11.5 Å². The molecule has 0 amide bonds. The molecule has 1 atom stereocenters. The van der Waals surface area contributed by atoms with Gasteiger partial charge in [0.25, 0.3) is 0 Å². The molecule has 0 aliphatic heterocycles. The summed E-state index contributed by atoms with van der Waals surface area (Å²) in [7, 11) is 3.22. The van der Waals surface area contributed by atoms with Crippen LogP contribution in [0.2, 0.25) is 0 Å². The van der Waals surface area contributed by atoms with Gasteiger partial charge in [-0.25, -0.2) is 0 Å². The van der Waals surface area contributed by atoms with Crippen molar-refractivity contribution < 1.29 is 14.6 Å². The largest absolute Gasteiger partial charge is 0.497 e. The molecule has 0 heterocycles. The van der Waals surface area contributed by atoms with Crippen LogP contribution >= 0.6 is 0 Å². The first-order chi connectivity index (χ1) is 9.21. The van der Waals surface area contributed by atoms with Gasteiger partial charge in [-0.05, 0) is 37.0 Å². The minimum absolute atomic E-state index is 0.465. The number of allylic oxidation sites excluding steroid dienone is 1. The van der Waals surface area contributed by atoms with Crippen molar-refractivity contribution in [1.82, 2.24) is 0 Å². The van der Waals surface area contributed by atoms with Crippen LogP contribution in [0.15, 0.2) is 30.9 Å². The first kappa shape index (κ1) is 15.6. The van der Waals surface area contributed by atoms with E-state index in [2.05, 4.69) is 6.58 Å². The molecule has 0 aromatic heterocycles. The van der Waals surface area contributed by atoms with Crippen LogP contribution in [0, 0.1) is 0 Å². The highest BCUT2D eigenvalue weighted by Crippen LogP contribution is 2.28. The molecule has 3 heteroatoms. The van der Waals surface area contributed by atoms with Crippen LogP contribution in [0.1, 0.15) is 43.8 Å². The fourth-order valence-electron chi connectivity index (χ4n) is 1.99. The minimum Gasteiger partial charge on any atom is -0.497 e. The van der Waals surface area contributed by atoms with E-state index in [1.54, 1.807) is 20.3 Å². The van der Waals surface area contributed by atoms with Gasteiger partial charge >= 0.3 is 0 Å². The maximum atomic E-state index is 10.2. The van der Waals surface area contributed by atoms with Crippen molar-refractivity contribution in [2.45, 2.75) is 38.2 Å². The molecule has 106 valence electrons. The van der Waals surface area contributed by atoms with Crippen LogP contribution in [0.5, 0.6) is 11.5 Å². The van der Waals surface area contributed by atoms with E-state index in [4.69, 9.17) is 9.47 Å². The Morgan fingerprint density at radius 2 is 1.74 bits per heavy atom. The second-order valence-corrected chi connectivity index (χ2v) is 4.59. The van der Waals surface area contributed by atoms with Gasteiger partial charge < -0.3 is 14.6 Å². The third kappa shape index (κ3) is 5.35. The summed E-state index contributed by atoms with van der Waals surface area (Å²) in [4.78, 5) is 0. The normalized spacial score (nSPS) is 11.9. The number of benzene rings is 1. The summed E-state index contributed by atoms with van der Waals surface area (Å²) in [5.41, 5.74) is 0.847. The average molecular weight is 264 g/mol. The van der Waals surface area contributed by atoms with Crippen LogP contribution in [0.25, 0.3) is 0 Å². The molecule has 0 spiro atoms. The molecule has 0 saturated carbocycles. The smallest absolute Gasteiger partial charge is 0.122 e. The summed E-state index contributed by atoms with van der Waals surface area (Å²) in [5, 5.41) is 10.2. The van der Waals surface area contributed by atoms with E-state index >= 15 is 0 Å². The number of hydrogen-bond donors (Lipinski definition) is 1. The fraction of sp³-hybridized carbons (Fsp3) is 0.500. The number of aliphatic hydroxyl groups is 1. The van der Waals surface area contributed by atoms with Crippen molar-refractivity contribution in [1.29, 1.82) is 0 Å². The quantitative estimate of drug-likeness (QED) is 0.543. The number of rotatable bonds is 9. The summed E-state index contributed by atoms with van der Waals surface area (Å²) in [6.45, 7) is 3.70. The number of aliphatic hydroxyl groups excluding tert-OH is 1. The van der Waals surface area contributed by atoms with Crippen LogP contribution in [0.4, 0.5) is 0 Å². The number of methoxy groups -OCH3 is 2. The minimum atomic E-state index is -0.465. The first-order valence-corrected chi connectivity index (χ1v) is 6.73. The lowest BCUT2D eigenvalue weighted by Crippen LogP contribution is -1.99. The third-order valence-corrected chi connectivity index (χ3v) is 3.14. The second-order valence-electron chi connectivity index (χ2n) is 4.59. The zero-order valence-electron chi connectivity index (χ0n) is 11.9. The van der Waals surface area contributed by atoms with E-state index < -0.39 is 6.10 Å². The Labute approximate surface area is 115 Å². The van der Waals surface area contributed by atoms with E-state index in [0.29, 0.717) is 11.5 Å². The van der Waals surface area contributed by atoms with Crippen LogP contribution in [-0.2, 0) is 0 Å². The Kier molecular flexibility index (Phi) is 7.04. The Hall–Kier alpha value is -1.48. The number of unbranched alkanes of at least 4 members (excludes halogenated alkanes) is 3. The van der Waals surface area contributed by atoms with Crippen molar-refractivity contribution >= 4 is 0 Å². The summed E-state index contributed by atoms with van der Waals surface area (Å²) < 4.78 is 10.4. The lowest BCUT2D eigenvalue weighted by Gasteiger charge is -2.13. The third-order valence-electron chi connectivity index (χ3n) is 3.14. The maximum Gasteiger partial charge on any atom is 0.122 e. The molecule has 0 aliphatic rings. The topological polar surface area (TPSA) is 38.7 Å². The number of ether oxygens (including phenoxy) is 2. The van der Waals surface area contributed by atoms with E-state index in [1.165, 1.54) is 0 Å². The molecule has 1 aromatic rings. The van der Waals surface area contributed by atoms with Gasteiger partial charge in [-0.15, -0.1) is 6.58 Å². The highest BCUT2D eigenvalue weighted by molar-refractivity contribution is 5.39. The SMILES string of the molecule is C=CCCCCCC(O)c1cc(OC)cc(OC)c1. The fourth-order valence-corrected chi connectivity index (χ4v) is 1.99. The van der Waals surface area contributed by atoms with Gasteiger partial charge in [0, 0.05) is 6.07 Å². The van der Waals surface area contributed by atoms with Gasteiger partial charge in [-0.3, -0.25) is 0 Å². The standard InChI is InChI=1S/C16H24O3/c1-4-5-6-7-8-9-16(17)13-10-14(18-2)12-15(11-13)19-3/h4,10-12,16-17H,1,5-9H2,2-3H3. The van der Waals surface area contributed by atoms with Crippen LogP contribution in [-0.4, -0.2) is 19.3 Å². The van der Waals surface area contributed by atoms with E-state index in [9.17, 15) is 5.11 Å². The molecule has 0 saturated heterocycles. The van der Waals surface area contributed by atoms with Gasteiger partial charge in [0.2, 0.25) is 0 Å². The Morgan fingerprint density at radius 3 is 2.26 bits per heavy atom. The molecule has 19 heavy (non-hydrogen) atoms. The highest BCUT2D eigenvalue weighted by Gasteiger charge is 2.10. The predicted molar refractivity (Wildman–Crippen MR) is 77.8 cm³/mol. The van der Waals surface area contributed by atoms with Crippen LogP contribution in [0.3, 0.4) is 0 Å². The van der Waals surface area contributed by atoms with Crippen molar-refractivity contribution in [2.75, 3.05) is 14.2 Å². The zero-order valence-corrected chi connectivity index (χ0v) is 11.9. The lowest BCUT2D eigenvalue weighted by atomic mass is 10.0. The summed E-state index contributed by atoms with van der Waals surface area (Å²) in [6, 6.07) is 5.52. The molecule has 0 aliphatic carbocycles. The molecule has 1 N–H and O–H groups in total. The molecular formula is C16H24O3. The predicted octanol–water partition coefficient (Wildman–Crippen LogP) is 3.87. The van der Waals surface area contributed by atoms with E-state index in [0.717, 1.165) is 37.7 Å². The van der Waals surface area contributed by atoms with E-state index in [-0.39, 0.29) is 0 Å². The van der Waals surface area contributed by atoms with Crippen LogP contribution < -0.4 is 9.47 Å². The molecule has 1 aromatic carbocycles. The van der Waals surface area contributed by atoms with E-state index in [1.807, 2.05) is 18.2 Å². The molecule has 1 unspecified atom stereocenters. The Morgan fingerprint density at radius 1 is 1.11 bits per heavy atom. The van der Waals surface area contributed by atoms with Gasteiger partial charge in [0.05, 0.1) is 20.3 Å². The average Bonchev–Trinajstić information content (AvgIpc) is 2.46. The maximum absolute atomic E-state index is 10.2. The molecule has 1 rings (SSSR count). The molecule has 0 bridgehead atoms. The molecule has 0 fully saturated rings. The monoisotopic (exact) mass is 264 g/mol. The van der Waals surface area contributed by atoms with Crippen molar-refractivity contribution in [2.24, 2.45) is 0 Å². The Bertz CT molecular complexity index is 365. The summed E-state index contributed by atoms with van der Waals surface area (Å²) in [6.07, 6.45) is 6.53. The van der Waals surface area contributed by atoms with Gasteiger partial charge in [0.1, 0.15) is 11.5 Å². The van der Waals surface area contributed by atoms with Crippen molar-refractivity contribution in [3.63, 3.8) is 0 Å². The van der Waals surface area contributed by atoms with Gasteiger partial charge in [-0.1, -0.05) is 18.9 Å². The van der Waals surface area contributed by atoms with Gasteiger partial charge in [0.15, 0.2) is 0 Å². The second kappa shape index (κ2) is 8.59. The summed E-state index contributed by atoms with van der Waals surface area (Å²) in [5.74, 6) is 1.42. The van der Waals surface area contributed by atoms with Crippen molar-refractivity contribution in [3.05, 3.63) is 36.4 Å². The zero-order chi connectivity index (χ0) is 14.1. The molecule has 3 nitrogen and oxygen atoms in total. The molecule has 0 radical (unpaired) electrons. The summed E-state index contributed by atoms with van der Waals surface area (Å²) >= 11 is 0. The number of hydrogen-bond acceptors (Lipinski definition) is 3. The first-order valence-electron chi connectivity index (χ1n) is 6.73. The van der Waals surface area contributed by atoms with Gasteiger partial charge in [-0.2, -0.15) is 0 Å². The Balaban J connectivity index is 2.55. The highest BCUT2D eigenvalue weighted by atomic mass is 16.5.